The molecule has 1 aliphatic rings. The number of sulfonamides is 1. The number of hydrogen-bond acceptors (Lipinski definition) is 3. The molecule has 0 fully saturated rings. The van der Waals surface area contributed by atoms with Gasteiger partial charge in [-0.15, -0.1) is 0 Å². The van der Waals surface area contributed by atoms with Gasteiger partial charge in [-0.2, -0.15) is 0 Å². The van der Waals surface area contributed by atoms with Crippen molar-refractivity contribution < 1.29 is 13.2 Å². The number of rotatable bonds is 9. The van der Waals surface area contributed by atoms with Crippen molar-refractivity contribution in [2.45, 2.75) is 64.8 Å². The van der Waals surface area contributed by atoms with E-state index < -0.39 is 10.0 Å². The van der Waals surface area contributed by atoms with Crippen LogP contribution in [0.5, 0.6) is 0 Å². The van der Waals surface area contributed by atoms with E-state index in [-0.39, 0.29) is 18.5 Å². The zero-order valence-corrected chi connectivity index (χ0v) is 19.7. The van der Waals surface area contributed by atoms with Gasteiger partial charge in [-0.3, -0.25) is 9.10 Å². The summed E-state index contributed by atoms with van der Waals surface area (Å²) in [6.45, 7) is 4.29. The molecule has 2 aromatic carbocycles. The van der Waals surface area contributed by atoms with Crippen molar-refractivity contribution in [1.82, 2.24) is 5.32 Å². The lowest BCUT2D eigenvalue weighted by molar-refractivity contribution is -0.121. The van der Waals surface area contributed by atoms with Crippen molar-refractivity contribution in [3.05, 3.63) is 64.7 Å². The average Bonchev–Trinajstić information content (AvgIpc) is 2.73. The quantitative estimate of drug-likeness (QED) is 0.613. The van der Waals surface area contributed by atoms with E-state index >= 15 is 0 Å². The van der Waals surface area contributed by atoms with Crippen LogP contribution in [0.4, 0.5) is 5.69 Å². The highest BCUT2D eigenvalue weighted by molar-refractivity contribution is 7.92. The first kappa shape index (κ1) is 23.3. The molecule has 0 radical (unpaired) electrons. The summed E-state index contributed by atoms with van der Waals surface area (Å²) in [7, 11) is -3.41. The van der Waals surface area contributed by atoms with E-state index in [0.29, 0.717) is 18.5 Å². The first-order valence-corrected chi connectivity index (χ1v) is 13.1. The van der Waals surface area contributed by atoms with Crippen LogP contribution in [0.2, 0.25) is 0 Å². The van der Waals surface area contributed by atoms with Crippen LogP contribution in [0.3, 0.4) is 0 Å². The fraction of sp³-hybridized carbons (Fsp3) is 0.480. The molecule has 1 N–H and O–H groups in total. The number of hydrogen-bond donors (Lipinski definition) is 1. The number of amides is 1. The van der Waals surface area contributed by atoms with Gasteiger partial charge < -0.3 is 5.32 Å². The Morgan fingerprint density at radius 3 is 2.52 bits per heavy atom. The lowest BCUT2D eigenvalue weighted by atomic mass is 9.89. The molecule has 0 spiro atoms. The van der Waals surface area contributed by atoms with Crippen molar-refractivity contribution >= 4 is 21.6 Å². The summed E-state index contributed by atoms with van der Waals surface area (Å²) in [6.07, 6.45) is 7.55. The minimum atomic E-state index is -3.41. The van der Waals surface area contributed by atoms with Gasteiger partial charge in [0, 0.05) is 13.0 Å². The monoisotopic (exact) mass is 442 g/mol. The van der Waals surface area contributed by atoms with Crippen molar-refractivity contribution in [1.29, 1.82) is 0 Å². The number of carbonyl (C=O) groups is 1. The Morgan fingerprint density at radius 1 is 1.10 bits per heavy atom. The molecule has 2 aromatic rings. The van der Waals surface area contributed by atoms with Gasteiger partial charge in [0.1, 0.15) is 0 Å². The number of aryl methyl sites for hydroxylation is 3. The second kappa shape index (κ2) is 10.3. The Labute approximate surface area is 186 Å². The third-order valence-corrected chi connectivity index (χ3v) is 7.17. The molecule has 1 amide bonds. The maximum Gasteiger partial charge on any atom is 0.232 e. The molecule has 0 aromatic heterocycles. The van der Waals surface area contributed by atoms with Gasteiger partial charge in [0.05, 0.1) is 18.0 Å². The third-order valence-electron chi connectivity index (χ3n) is 5.97. The maximum absolute atomic E-state index is 12.6. The van der Waals surface area contributed by atoms with E-state index in [1.165, 1.54) is 34.5 Å². The number of nitrogens with one attached hydrogen (secondary N) is 1. The summed E-state index contributed by atoms with van der Waals surface area (Å²) in [6, 6.07) is 14.0. The smallest absolute Gasteiger partial charge is 0.232 e. The molecular weight excluding hydrogens is 408 g/mol. The van der Waals surface area contributed by atoms with Crippen LogP contribution in [0.15, 0.2) is 42.5 Å². The molecule has 1 atom stereocenters. The van der Waals surface area contributed by atoms with Crippen molar-refractivity contribution in [2.75, 3.05) is 17.1 Å². The Hall–Kier alpha value is -2.34. The highest BCUT2D eigenvalue weighted by atomic mass is 32.2. The van der Waals surface area contributed by atoms with E-state index in [1.54, 1.807) is 6.07 Å². The van der Waals surface area contributed by atoms with Gasteiger partial charge in [0.15, 0.2) is 0 Å². The van der Waals surface area contributed by atoms with Gasteiger partial charge in [-0.25, -0.2) is 8.42 Å². The van der Waals surface area contributed by atoms with Gasteiger partial charge in [0.25, 0.3) is 0 Å². The lowest BCUT2D eigenvalue weighted by Crippen LogP contribution is -2.33. The van der Waals surface area contributed by atoms with Gasteiger partial charge in [-0.05, 0) is 79.8 Å². The predicted molar refractivity (Wildman–Crippen MR) is 127 cm³/mol. The number of anilines is 1. The molecular formula is C25H34N2O3S. The Morgan fingerprint density at radius 2 is 1.84 bits per heavy atom. The molecule has 0 aliphatic heterocycles. The Bertz CT molecular complexity index is 1020. The summed E-state index contributed by atoms with van der Waals surface area (Å²) in [4.78, 5) is 12.6. The zero-order chi connectivity index (χ0) is 22.4. The first-order valence-electron chi connectivity index (χ1n) is 11.2. The van der Waals surface area contributed by atoms with E-state index in [9.17, 15) is 13.2 Å². The molecule has 6 heteroatoms. The van der Waals surface area contributed by atoms with Gasteiger partial charge in [-0.1, -0.05) is 37.3 Å². The molecule has 0 saturated heterocycles. The van der Waals surface area contributed by atoms with Crippen LogP contribution in [-0.2, 0) is 27.7 Å². The zero-order valence-electron chi connectivity index (χ0n) is 18.9. The molecule has 1 aliphatic carbocycles. The maximum atomic E-state index is 12.6. The standard InChI is InChI=1S/C25H34N2O3S/c1-4-24(22-15-14-20-10-5-6-11-21(20)18-22)26-25(28)13-8-16-27(31(3,29)30)23-12-7-9-19(2)17-23/h7,9,12,14-15,17-18,24H,4-6,8,10-11,13,16H2,1-3H3,(H,26,28). The number of benzene rings is 2. The molecule has 5 nitrogen and oxygen atoms in total. The molecule has 31 heavy (non-hydrogen) atoms. The average molecular weight is 443 g/mol. The number of nitrogens with zero attached hydrogens (tertiary/aromatic N) is 1. The van der Waals surface area contributed by atoms with E-state index in [4.69, 9.17) is 0 Å². The lowest BCUT2D eigenvalue weighted by Gasteiger charge is -2.23. The number of carbonyl (C=O) groups excluding carboxylic acids is 1. The summed E-state index contributed by atoms with van der Waals surface area (Å²) in [5, 5.41) is 3.14. The molecule has 1 unspecified atom stereocenters. The minimum Gasteiger partial charge on any atom is -0.349 e. The van der Waals surface area contributed by atoms with Crippen molar-refractivity contribution in [3.8, 4) is 0 Å². The second-order valence-electron chi connectivity index (χ2n) is 8.54. The molecule has 0 saturated carbocycles. The molecule has 0 heterocycles. The predicted octanol–water partition coefficient (Wildman–Crippen LogP) is 4.69. The summed E-state index contributed by atoms with van der Waals surface area (Å²) in [5.41, 5.74) is 5.66. The van der Waals surface area contributed by atoms with Crippen LogP contribution in [0, 0.1) is 6.92 Å². The van der Waals surface area contributed by atoms with Crippen LogP contribution in [0.25, 0.3) is 0 Å². The van der Waals surface area contributed by atoms with Crippen LogP contribution < -0.4 is 9.62 Å². The molecule has 0 bridgehead atoms. The van der Waals surface area contributed by atoms with Crippen LogP contribution in [-0.4, -0.2) is 27.1 Å². The molecule has 3 rings (SSSR count). The van der Waals surface area contributed by atoms with Crippen LogP contribution in [0.1, 0.15) is 67.3 Å². The van der Waals surface area contributed by atoms with Crippen LogP contribution >= 0.6 is 0 Å². The van der Waals surface area contributed by atoms with Crippen molar-refractivity contribution in [2.24, 2.45) is 0 Å². The third kappa shape index (κ3) is 6.33. The normalized spacial score (nSPS) is 14.5. The fourth-order valence-corrected chi connectivity index (χ4v) is 5.27. The van der Waals surface area contributed by atoms with Crippen molar-refractivity contribution in [3.63, 3.8) is 0 Å². The summed E-state index contributed by atoms with van der Waals surface area (Å²) in [5.74, 6) is -0.0396. The Kier molecular flexibility index (Phi) is 7.76. The fourth-order valence-electron chi connectivity index (χ4n) is 4.31. The Balaban J connectivity index is 1.59. The first-order chi connectivity index (χ1) is 14.8. The second-order valence-corrected chi connectivity index (χ2v) is 10.4. The number of fused-ring (bicyclic) bond motifs is 1. The largest absolute Gasteiger partial charge is 0.349 e. The topological polar surface area (TPSA) is 66.5 Å². The van der Waals surface area contributed by atoms with Gasteiger partial charge in [0.2, 0.25) is 15.9 Å². The highest BCUT2D eigenvalue weighted by Crippen LogP contribution is 2.26. The minimum absolute atomic E-state index is 0.0116. The summed E-state index contributed by atoms with van der Waals surface area (Å²) >= 11 is 0. The summed E-state index contributed by atoms with van der Waals surface area (Å²) < 4.78 is 25.9. The van der Waals surface area contributed by atoms with E-state index in [2.05, 4.69) is 30.4 Å². The van der Waals surface area contributed by atoms with E-state index in [0.717, 1.165) is 30.4 Å². The van der Waals surface area contributed by atoms with E-state index in [1.807, 2.05) is 25.1 Å². The SMILES string of the molecule is CCC(NC(=O)CCCN(c1cccc(C)c1)S(C)(=O)=O)c1ccc2c(c1)CCCC2. The highest BCUT2D eigenvalue weighted by Gasteiger charge is 2.19. The van der Waals surface area contributed by atoms with Gasteiger partial charge >= 0.3 is 0 Å². The molecule has 168 valence electrons.